The third-order valence-electron chi connectivity index (χ3n) is 17.6. The summed E-state index contributed by atoms with van der Waals surface area (Å²) in [5, 5.41) is 14.7. The quantitative estimate of drug-likeness (QED) is 0.0682. The van der Waals surface area contributed by atoms with E-state index in [0.29, 0.717) is 67.6 Å². The molecule has 11 rings (SSSR count). The summed E-state index contributed by atoms with van der Waals surface area (Å²) in [5.41, 5.74) is 16.7. The summed E-state index contributed by atoms with van der Waals surface area (Å²) in [6, 6.07) is 28.8. The molecule has 0 saturated carbocycles. The molecule has 0 spiro atoms. The number of fused-ring (bicyclic) bond motifs is 3. The van der Waals surface area contributed by atoms with Gasteiger partial charge in [0.25, 0.3) is 0 Å². The minimum Gasteiger partial charge on any atom is -0.479 e. The lowest BCUT2D eigenvalue weighted by Gasteiger charge is -2.29. The minimum atomic E-state index is -1.23. The number of carbonyl (C=O) groups is 3. The predicted molar refractivity (Wildman–Crippen MR) is 430 cm³/mol. The lowest BCUT2D eigenvalue weighted by molar-refractivity contribution is -0.164. The SMILES string of the molecule is COC(=O)[C@@H](OC(C)(C)C)c1c(C)nc2[nH]c(C)c(C)c2c1-c1ccc(Cl)cc1.COC(=O)[C@@H](OC(C)(C)C)c1c(C)nc2c(c(C)c(C)n2Cc2ccnc(F)c2)c1-c1ccc(Cl)cc1.Cc1nc2c(c(C)c(C)n2Cc2ccnc(F)c2)c(-c2ccc(Cl)cc2)c1[C@H](OC(C)(C)C)C(=O)O.S.S.S. The Morgan fingerprint density at radius 3 is 1.10 bits per heavy atom. The maximum Gasteiger partial charge on any atom is 0.339 e. The van der Waals surface area contributed by atoms with Crippen LogP contribution in [0.1, 0.15) is 159 Å². The number of halogens is 5. The molecule has 8 aromatic heterocycles. The van der Waals surface area contributed by atoms with Gasteiger partial charge in [-0.25, -0.2) is 39.3 Å². The summed E-state index contributed by atoms with van der Waals surface area (Å²) in [7, 11) is 2.72. The van der Waals surface area contributed by atoms with Crippen LogP contribution in [0.5, 0.6) is 0 Å². The van der Waals surface area contributed by atoms with Gasteiger partial charge in [-0.3, -0.25) is 0 Å². The van der Waals surface area contributed by atoms with Gasteiger partial charge in [0.2, 0.25) is 11.9 Å². The van der Waals surface area contributed by atoms with E-state index in [1.807, 2.05) is 183 Å². The van der Waals surface area contributed by atoms with E-state index in [9.17, 15) is 28.3 Å². The number of H-pyrrole nitrogens is 1. The topological polar surface area (TPSA) is 208 Å². The number of rotatable bonds is 16. The van der Waals surface area contributed by atoms with Crippen molar-refractivity contribution < 1.29 is 52.0 Å². The Labute approximate surface area is 648 Å². The molecule has 0 aliphatic carbocycles. The van der Waals surface area contributed by atoms with Crippen molar-refractivity contribution in [3.63, 3.8) is 0 Å². The fourth-order valence-corrected chi connectivity index (χ4v) is 13.1. The van der Waals surface area contributed by atoms with Crippen molar-refractivity contribution in [1.82, 2.24) is 39.0 Å². The van der Waals surface area contributed by atoms with Crippen LogP contribution >= 0.6 is 75.3 Å². The smallest absolute Gasteiger partial charge is 0.339 e. The van der Waals surface area contributed by atoms with Gasteiger partial charge in [-0.1, -0.05) is 71.2 Å². The summed E-state index contributed by atoms with van der Waals surface area (Å²) in [4.78, 5) is 63.7. The number of hydrogen-bond donors (Lipinski definition) is 2. The Kier molecular flexibility index (Phi) is 28.5. The van der Waals surface area contributed by atoms with Crippen LogP contribution in [0.3, 0.4) is 0 Å². The van der Waals surface area contributed by atoms with Crippen molar-refractivity contribution in [2.75, 3.05) is 14.2 Å². The summed E-state index contributed by atoms with van der Waals surface area (Å²) in [6.07, 6.45) is -0.235. The zero-order valence-electron chi connectivity index (χ0n) is 62.8. The molecule has 3 aromatic carbocycles. The average Bonchev–Trinajstić information content (AvgIpc) is 1.63. The van der Waals surface area contributed by atoms with Gasteiger partial charge in [-0.05, 0) is 230 Å². The highest BCUT2D eigenvalue weighted by Gasteiger charge is 2.38. The van der Waals surface area contributed by atoms with E-state index in [1.54, 1.807) is 31.2 Å². The summed E-state index contributed by atoms with van der Waals surface area (Å²) < 4.78 is 60.6. The molecule has 11 aromatic rings. The molecule has 25 heteroatoms. The summed E-state index contributed by atoms with van der Waals surface area (Å²) in [6.45, 7) is 35.3. The van der Waals surface area contributed by atoms with Crippen molar-refractivity contribution >= 4 is 126 Å². The van der Waals surface area contributed by atoms with E-state index in [1.165, 1.54) is 38.7 Å². The van der Waals surface area contributed by atoms with Gasteiger partial charge in [0.05, 0.1) is 31.0 Å². The molecule has 2 N–H and O–H groups in total. The number of carboxylic acids is 1. The van der Waals surface area contributed by atoms with Crippen LogP contribution in [0, 0.1) is 74.2 Å². The number of carboxylic acid groups (broad SMARTS) is 1. The molecule has 8 heterocycles. The molecule has 0 bridgehead atoms. The summed E-state index contributed by atoms with van der Waals surface area (Å²) in [5.74, 6) is -3.13. The van der Waals surface area contributed by atoms with Crippen molar-refractivity contribution in [2.45, 2.75) is 173 Å². The van der Waals surface area contributed by atoms with Gasteiger partial charge >= 0.3 is 17.9 Å². The van der Waals surface area contributed by atoms with Crippen LogP contribution in [0.15, 0.2) is 109 Å². The number of benzene rings is 3. The summed E-state index contributed by atoms with van der Waals surface area (Å²) >= 11 is 18.5. The van der Waals surface area contributed by atoms with E-state index in [-0.39, 0.29) is 40.5 Å². The van der Waals surface area contributed by atoms with E-state index >= 15 is 0 Å². The molecule has 0 fully saturated rings. The first-order valence-electron chi connectivity index (χ1n) is 33.2. The molecular formula is C80H93Cl3F2N8O9S3. The van der Waals surface area contributed by atoms with Crippen LogP contribution in [-0.2, 0) is 51.2 Å². The van der Waals surface area contributed by atoms with Crippen LogP contribution in [0.25, 0.3) is 66.5 Å². The van der Waals surface area contributed by atoms with Crippen molar-refractivity contribution in [1.29, 1.82) is 0 Å². The van der Waals surface area contributed by atoms with Crippen LogP contribution in [-0.4, -0.2) is 93.1 Å². The number of aromatic nitrogens is 8. The zero-order valence-corrected chi connectivity index (χ0v) is 68.0. The lowest BCUT2D eigenvalue weighted by Crippen LogP contribution is -2.29. The van der Waals surface area contributed by atoms with E-state index < -0.39 is 64.9 Å². The number of carbonyl (C=O) groups excluding carboxylic acids is 2. The molecule has 0 aliphatic rings. The first kappa shape index (κ1) is 86.0. The largest absolute Gasteiger partial charge is 0.479 e. The van der Waals surface area contributed by atoms with Gasteiger partial charge in [-0.2, -0.15) is 49.3 Å². The third-order valence-corrected chi connectivity index (χ3v) is 18.3. The number of ether oxygens (including phenoxy) is 5. The third kappa shape index (κ3) is 19.5. The van der Waals surface area contributed by atoms with E-state index in [0.717, 1.165) is 106 Å². The monoisotopic (exact) mass is 1550 g/mol. The Balaban J connectivity index is 0.000000245. The number of esters is 2. The highest BCUT2D eigenvalue weighted by atomic mass is 35.5. The predicted octanol–water partition coefficient (Wildman–Crippen LogP) is 19.9. The molecule has 0 amide bonds. The van der Waals surface area contributed by atoms with E-state index in [2.05, 4.69) is 19.5 Å². The fourth-order valence-electron chi connectivity index (χ4n) is 12.7. The van der Waals surface area contributed by atoms with Crippen LogP contribution < -0.4 is 0 Å². The highest BCUT2D eigenvalue weighted by Crippen LogP contribution is 2.46. The second-order valence-electron chi connectivity index (χ2n) is 28.3. The molecule has 0 saturated heterocycles. The number of aryl methyl sites for hydroxylation is 7. The molecule has 0 radical (unpaired) electrons. The van der Waals surface area contributed by atoms with Gasteiger partial charge in [0.1, 0.15) is 16.9 Å². The second-order valence-corrected chi connectivity index (χ2v) is 29.6. The fraction of sp³-hybridized carbons (Fsp3) is 0.350. The zero-order chi connectivity index (χ0) is 74.9. The standard InChI is InChI=1S/C29H31ClFN3O3.C28H29ClFN3O3.C23H27ClN2O3.3H2S/c1-16-18(3)34(15-19-12-13-32-22(31)14-19)27-23(16)25(20-8-10-21(30)11-9-20)24(17(2)33-27)26(28(35)36-7)37-29(4,5)6;1-15-17(3)33(14-18-11-12-31-21(30)13-18)26-22(15)24(19-7-9-20(29)10-8-19)23(16(2)32-26)25(27(34)35)36-28(4,5)6;1-12-13(2)25-21-17(12)19(15-8-10-16(24)11-9-15)18(14(3)26-21)20(22(27)28-7)29-23(4,5)6;;;/h8-14,26H,15H2,1-7H3;7-13,25H,14H2,1-6H3,(H,34,35);8-11,20H,1-7H3,(H,25,26);3*1H2/t26-;25-;20-;;;/m000.../s1. The molecule has 17 nitrogen and oxygen atoms in total. The number of nitrogens with zero attached hydrogens (tertiary/aromatic N) is 7. The van der Waals surface area contributed by atoms with Gasteiger partial charge in [0.15, 0.2) is 18.3 Å². The molecular weight excluding hydrogens is 1460 g/mol. The second kappa shape index (κ2) is 34.8. The normalized spacial score (nSPS) is 12.4. The Morgan fingerprint density at radius 1 is 0.476 bits per heavy atom. The van der Waals surface area contributed by atoms with Gasteiger partial charge in [-0.15, -0.1) is 0 Å². The molecule has 105 heavy (non-hydrogen) atoms. The van der Waals surface area contributed by atoms with Gasteiger partial charge < -0.3 is 42.9 Å². The van der Waals surface area contributed by atoms with Crippen molar-refractivity contribution in [3.8, 4) is 33.4 Å². The Bertz CT molecular complexity index is 4990. The van der Waals surface area contributed by atoms with Crippen molar-refractivity contribution in [2.24, 2.45) is 0 Å². The van der Waals surface area contributed by atoms with E-state index in [4.69, 9.17) is 73.4 Å². The first-order chi connectivity index (χ1) is 47.8. The molecule has 3 atom stereocenters. The number of methoxy groups -OCH3 is 2. The van der Waals surface area contributed by atoms with Crippen LogP contribution in [0.4, 0.5) is 8.78 Å². The number of aliphatic carboxylic acids is 1. The molecule has 0 unspecified atom stereocenters. The minimum absolute atomic E-state index is 0. The molecule has 0 aliphatic heterocycles. The highest BCUT2D eigenvalue weighted by molar-refractivity contribution is 7.59. The number of aromatic amines is 1. The maximum absolute atomic E-state index is 13.9. The first-order valence-corrected chi connectivity index (χ1v) is 34.3. The Hall–Kier alpha value is -7.90. The maximum atomic E-state index is 13.9. The van der Waals surface area contributed by atoms with Crippen molar-refractivity contribution in [3.05, 3.63) is 215 Å². The average molecular weight is 1550 g/mol. The molecule has 560 valence electrons. The number of pyridine rings is 5. The van der Waals surface area contributed by atoms with Gasteiger partial charge in [0, 0.05) is 124 Å². The lowest BCUT2D eigenvalue weighted by atomic mass is 9.91. The number of nitrogens with one attached hydrogen (secondary N) is 1. The van der Waals surface area contributed by atoms with Crippen LogP contribution in [0.2, 0.25) is 15.1 Å². The Morgan fingerprint density at radius 2 is 0.790 bits per heavy atom. The number of hydrogen-bond acceptors (Lipinski definition) is 13.